The maximum absolute atomic E-state index is 12.7. The Bertz CT molecular complexity index is 993. The van der Waals surface area contributed by atoms with Gasteiger partial charge in [0.2, 0.25) is 0 Å². The molecule has 0 saturated carbocycles. The third-order valence-corrected chi connectivity index (χ3v) is 5.22. The van der Waals surface area contributed by atoms with E-state index in [0.717, 1.165) is 22.3 Å². The molecule has 1 saturated heterocycles. The molecule has 0 aliphatic carbocycles. The molecule has 0 spiro atoms. The second kappa shape index (κ2) is 9.36. The summed E-state index contributed by atoms with van der Waals surface area (Å²) in [5.41, 5.74) is 4.09. The van der Waals surface area contributed by atoms with Crippen LogP contribution in [-0.4, -0.2) is 49.8 Å². The molecule has 156 valence electrons. The standard InChI is InChI=1S/C21H21N3O5S/c1-23(15-7-5-4-6-8-15)22-19(25)13-24-20(26)18(30-21(24)27)12-14-9-10-16(28-2)17(11-14)29-3/h4-12H,13H2,1-3H3,(H,22,25)/b18-12-. The Labute approximate surface area is 178 Å². The molecular formula is C21H21N3O5S. The van der Waals surface area contributed by atoms with Crippen molar-refractivity contribution >= 4 is 40.6 Å². The monoisotopic (exact) mass is 427 g/mol. The molecule has 1 aliphatic heterocycles. The van der Waals surface area contributed by atoms with Gasteiger partial charge in [0.05, 0.1) is 24.8 Å². The lowest BCUT2D eigenvalue weighted by atomic mass is 10.2. The highest BCUT2D eigenvalue weighted by atomic mass is 32.2. The van der Waals surface area contributed by atoms with Gasteiger partial charge in [-0.2, -0.15) is 0 Å². The summed E-state index contributed by atoms with van der Waals surface area (Å²) in [5.74, 6) is 0.0732. The molecule has 0 radical (unpaired) electrons. The smallest absolute Gasteiger partial charge is 0.294 e. The van der Waals surface area contributed by atoms with E-state index in [0.29, 0.717) is 17.1 Å². The van der Waals surface area contributed by atoms with Gasteiger partial charge in [-0.05, 0) is 47.7 Å². The highest BCUT2D eigenvalue weighted by Gasteiger charge is 2.36. The fourth-order valence-corrected chi connectivity index (χ4v) is 3.65. The van der Waals surface area contributed by atoms with Crippen LogP contribution in [0.25, 0.3) is 6.08 Å². The Morgan fingerprint density at radius 1 is 1.10 bits per heavy atom. The van der Waals surface area contributed by atoms with Crippen molar-refractivity contribution in [2.75, 3.05) is 32.8 Å². The van der Waals surface area contributed by atoms with Gasteiger partial charge in [-0.3, -0.25) is 29.7 Å². The topological polar surface area (TPSA) is 88.2 Å². The Kier molecular flexibility index (Phi) is 6.63. The van der Waals surface area contributed by atoms with Crippen molar-refractivity contribution in [3.05, 3.63) is 59.0 Å². The first-order valence-corrected chi connectivity index (χ1v) is 9.80. The van der Waals surface area contributed by atoms with Crippen LogP contribution in [0, 0.1) is 0 Å². The van der Waals surface area contributed by atoms with Crippen LogP contribution in [0.1, 0.15) is 5.56 Å². The number of rotatable bonds is 7. The van der Waals surface area contributed by atoms with E-state index in [2.05, 4.69) is 5.43 Å². The number of nitrogens with one attached hydrogen (secondary N) is 1. The van der Waals surface area contributed by atoms with Gasteiger partial charge in [0.15, 0.2) is 11.5 Å². The number of amides is 3. The highest BCUT2D eigenvalue weighted by Crippen LogP contribution is 2.34. The van der Waals surface area contributed by atoms with E-state index >= 15 is 0 Å². The first kappa shape index (κ1) is 21.3. The van der Waals surface area contributed by atoms with Gasteiger partial charge in [0, 0.05) is 7.05 Å². The van der Waals surface area contributed by atoms with Crippen molar-refractivity contribution in [3.8, 4) is 11.5 Å². The number of anilines is 1. The predicted molar refractivity (Wildman–Crippen MR) is 115 cm³/mol. The van der Waals surface area contributed by atoms with Crippen molar-refractivity contribution in [3.63, 3.8) is 0 Å². The Balaban J connectivity index is 1.68. The number of hydrogen-bond donors (Lipinski definition) is 1. The molecule has 9 heteroatoms. The van der Waals surface area contributed by atoms with E-state index < -0.39 is 17.1 Å². The third-order valence-electron chi connectivity index (χ3n) is 4.32. The summed E-state index contributed by atoms with van der Waals surface area (Å²) in [6.45, 7) is -0.370. The summed E-state index contributed by atoms with van der Waals surface area (Å²) in [5, 5.41) is 1.03. The SMILES string of the molecule is COc1ccc(/C=C2\SC(=O)N(CC(=O)NN(C)c3ccccc3)C2=O)cc1OC. The van der Waals surface area contributed by atoms with E-state index in [1.165, 1.54) is 19.2 Å². The number of methoxy groups -OCH3 is 2. The van der Waals surface area contributed by atoms with E-state index in [1.807, 2.05) is 30.3 Å². The number of thioether (sulfide) groups is 1. The summed E-state index contributed by atoms with van der Waals surface area (Å²) >= 11 is 0.790. The molecule has 0 unspecified atom stereocenters. The second-order valence-corrected chi connectivity index (χ2v) is 7.31. The van der Waals surface area contributed by atoms with Crippen molar-refractivity contribution in [2.24, 2.45) is 0 Å². The minimum Gasteiger partial charge on any atom is -0.493 e. The zero-order valence-corrected chi connectivity index (χ0v) is 17.6. The number of imide groups is 1. The van der Waals surface area contributed by atoms with Crippen LogP contribution in [0.3, 0.4) is 0 Å². The van der Waals surface area contributed by atoms with Crippen LogP contribution < -0.4 is 19.9 Å². The molecule has 1 aliphatic rings. The average Bonchev–Trinajstić information content (AvgIpc) is 3.01. The number of carbonyl (C=O) groups is 3. The van der Waals surface area contributed by atoms with Crippen LogP contribution >= 0.6 is 11.8 Å². The molecule has 1 fully saturated rings. The summed E-state index contributed by atoms with van der Waals surface area (Å²) in [6.07, 6.45) is 1.58. The first-order valence-electron chi connectivity index (χ1n) is 8.98. The van der Waals surface area contributed by atoms with Crippen LogP contribution in [0.4, 0.5) is 10.5 Å². The molecular weight excluding hydrogens is 406 g/mol. The molecule has 3 rings (SSSR count). The predicted octanol–water partition coefficient (Wildman–Crippen LogP) is 2.91. The Morgan fingerprint density at radius 3 is 2.47 bits per heavy atom. The van der Waals surface area contributed by atoms with E-state index in [1.54, 1.807) is 31.3 Å². The van der Waals surface area contributed by atoms with Gasteiger partial charge in [-0.1, -0.05) is 24.3 Å². The summed E-state index contributed by atoms with van der Waals surface area (Å²) < 4.78 is 10.5. The number of benzene rings is 2. The number of ether oxygens (including phenoxy) is 2. The minimum absolute atomic E-state index is 0.233. The van der Waals surface area contributed by atoms with E-state index in [4.69, 9.17) is 9.47 Å². The van der Waals surface area contributed by atoms with E-state index in [-0.39, 0.29) is 11.4 Å². The molecule has 0 bridgehead atoms. The first-order chi connectivity index (χ1) is 14.4. The Morgan fingerprint density at radius 2 is 1.80 bits per heavy atom. The lowest BCUT2D eigenvalue weighted by molar-refractivity contribution is -0.129. The van der Waals surface area contributed by atoms with Crippen molar-refractivity contribution in [1.29, 1.82) is 0 Å². The number of hydrogen-bond acceptors (Lipinski definition) is 7. The molecule has 1 heterocycles. The number of hydrazine groups is 1. The van der Waals surface area contributed by atoms with Gasteiger partial charge >= 0.3 is 0 Å². The maximum Gasteiger partial charge on any atom is 0.294 e. The molecule has 8 nitrogen and oxygen atoms in total. The Hall–Kier alpha value is -3.46. The van der Waals surface area contributed by atoms with Gasteiger partial charge in [0.25, 0.3) is 17.1 Å². The number of nitrogens with zero attached hydrogens (tertiary/aromatic N) is 2. The van der Waals surface area contributed by atoms with Crippen molar-refractivity contribution < 1.29 is 23.9 Å². The van der Waals surface area contributed by atoms with Gasteiger partial charge in [-0.15, -0.1) is 0 Å². The second-order valence-electron chi connectivity index (χ2n) is 6.31. The minimum atomic E-state index is -0.516. The summed E-state index contributed by atoms with van der Waals surface area (Å²) in [6, 6.07) is 14.4. The average molecular weight is 427 g/mol. The molecule has 3 amide bonds. The maximum atomic E-state index is 12.7. The lowest BCUT2D eigenvalue weighted by Gasteiger charge is -2.21. The van der Waals surface area contributed by atoms with Gasteiger partial charge in [-0.25, -0.2) is 0 Å². The zero-order chi connectivity index (χ0) is 21.7. The van der Waals surface area contributed by atoms with Crippen LogP contribution in [-0.2, 0) is 9.59 Å². The molecule has 0 aromatic heterocycles. The van der Waals surface area contributed by atoms with E-state index in [9.17, 15) is 14.4 Å². The van der Waals surface area contributed by atoms with Crippen molar-refractivity contribution in [2.45, 2.75) is 0 Å². The molecule has 2 aromatic carbocycles. The number of para-hydroxylation sites is 1. The molecule has 1 N–H and O–H groups in total. The van der Waals surface area contributed by atoms with Crippen LogP contribution in [0.5, 0.6) is 11.5 Å². The summed E-state index contributed by atoms with van der Waals surface area (Å²) in [7, 11) is 4.72. The normalized spacial score (nSPS) is 14.8. The van der Waals surface area contributed by atoms with Crippen LogP contribution in [0.15, 0.2) is 53.4 Å². The molecule has 0 atom stereocenters. The summed E-state index contributed by atoms with van der Waals surface area (Å²) in [4.78, 5) is 38.4. The fraction of sp³-hybridized carbons (Fsp3) is 0.190. The molecule has 30 heavy (non-hydrogen) atoms. The van der Waals surface area contributed by atoms with Crippen molar-refractivity contribution in [1.82, 2.24) is 10.3 Å². The highest BCUT2D eigenvalue weighted by molar-refractivity contribution is 8.18. The molecule has 2 aromatic rings. The lowest BCUT2D eigenvalue weighted by Crippen LogP contribution is -2.46. The fourth-order valence-electron chi connectivity index (χ4n) is 2.81. The van der Waals surface area contributed by atoms with Gasteiger partial charge < -0.3 is 9.47 Å². The largest absolute Gasteiger partial charge is 0.493 e. The third kappa shape index (κ3) is 4.74. The number of carbonyl (C=O) groups excluding carboxylic acids is 3. The quantitative estimate of drug-likeness (QED) is 0.537. The van der Waals surface area contributed by atoms with Crippen LogP contribution in [0.2, 0.25) is 0 Å². The van der Waals surface area contributed by atoms with Gasteiger partial charge in [0.1, 0.15) is 6.54 Å². The zero-order valence-electron chi connectivity index (χ0n) is 16.7.